The van der Waals surface area contributed by atoms with E-state index in [4.69, 9.17) is 4.74 Å². The molecular formula is C23H28O3. The molecule has 0 aromatic heterocycles. The predicted octanol–water partition coefficient (Wildman–Crippen LogP) is 5.62. The maximum atomic E-state index is 12.4. The molecule has 0 aliphatic heterocycles. The highest BCUT2D eigenvalue weighted by molar-refractivity contribution is 6.13. The third-order valence-corrected chi connectivity index (χ3v) is 3.99. The molecule has 0 heterocycles. The first-order valence-electron chi connectivity index (χ1n) is 8.92. The first-order valence-corrected chi connectivity index (χ1v) is 8.92. The minimum Gasteiger partial charge on any atom is -0.488 e. The molecule has 0 bridgehead atoms. The van der Waals surface area contributed by atoms with Crippen molar-refractivity contribution >= 4 is 11.6 Å². The van der Waals surface area contributed by atoms with Crippen molar-refractivity contribution in [3.05, 3.63) is 65.2 Å². The van der Waals surface area contributed by atoms with Gasteiger partial charge in [0.05, 0.1) is 6.42 Å². The summed E-state index contributed by atoms with van der Waals surface area (Å²) in [7, 11) is 0. The van der Waals surface area contributed by atoms with Gasteiger partial charge in [0.25, 0.3) is 0 Å². The molecule has 138 valence electrons. The molecule has 2 aromatic rings. The number of benzene rings is 2. The Balaban J connectivity index is 2.04. The number of carbonyl (C=O) groups excluding carboxylic acids is 2. The second kappa shape index (κ2) is 7.45. The molecule has 2 aromatic carbocycles. The summed E-state index contributed by atoms with van der Waals surface area (Å²) in [6, 6.07) is 14.5. The maximum absolute atomic E-state index is 12.4. The van der Waals surface area contributed by atoms with Crippen LogP contribution in [0, 0.1) is 0 Å². The van der Waals surface area contributed by atoms with Crippen molar-refractivity contribution in [2.24, 2.45) is 0 Å². The van der Waals surface area contributed by atoms with Gasteiger partial charge in [-0.25, -0.2) is 0 Å². The molecule has 0 amide bonds. The van der Waals surface area contributed by atoms with E-state index in [-0.39, 0.29) is 29.0 Å². The fourth-order valence-corrected chi connectivity index (χ4v) is 2.57. The summed E-state index contributed by atoms with van der Waals surface area (Å²) in [5, 5.41) is 0. The van der Waals surface area contributed by atoms with Crippen molar-refractivity contribution in [2.45, 2.75) is 59.0 Å². The van der Waals surface area contributed by atoms with Crippen molar-refractivity contribution in [1.29, 1.82) is 0 Å². The molecule has 0 saturated heterocycles. The smallest absolute Gasteiger partial charge is 0.170 e. The van der Waals surface area contributed by atoms with Crippen LogP contribution in [0.2, 0.25) is 0 Å². The molecular weight excluding hydrogens is 324 g/mol. The SMILES string of the molecule is CC(C)(C)Oc1ccc(C(=O)CC(=O)c2ccc(C(C)(C)C)cc2)cc1. The van der Waals surface area contributed by atoms with Crippen molar-refractivity contribution < 1.29 is 14.3 Å². The van der Waals surface area contributed by atoms with Crippen LogP contribution in [0.3, 0.4) is 0 Å². The number of hydrogen-bond acceptors (Lipinski definition) is 3. The predicted molar refractivity (Wildman–Crippen MR) is 105 cm³/mol. The van der Waals surface area contributed by atoms with E-state index in [1.54, 1.807) is 36.4 Å². The van der Waals surface area contributed by atoms with Crippen LogP contribution in [0.4, 0.5) is 0 Å². The zero-order valence-electron chi connectivity index (χ0n) is 16.6. The summed E-state index contributed by atoms with van der Waals surface area (Å²) in [6.07, 6.45) is -0.131. The average Bonchev–Trinajstić information content (AvgIpc) is 2.53. The molecule has 3 heteroatoms. The number of ether oxygens (including phenoxy) is 1. The Labute approximate surface area is 156 Å². The quantitative estimate of drug-likeness (QED) is 0.518. The minimum atomic E-state index is -0.291. The van der Waals surface area contributed by atoms with Crippen LogP contribution in [0.15, 0.2) is 48.5 Å². The van der Waals surface area contributed by atoms with Gasteiger partial charge < -0.3 is 4.74 Å². The van der Waals surface area contributed by atoms with E-state index in [1.807, 2.05) is 32.9 Å². The molecule has 0 saturated carbocycles. The van der Waals surface area contributed by atoms with Crippen LogP contribution in [0.5, 0.6) is 5.75 Å². The van der Waals surface area contributed by atoms with Gasteiger partial charge in [0.15, 0.2) is 11.6 Å². The molecule has 0 aliphatic carbocycles. The summed E-state index contributed by atoms with van der Waals surface area (Å²) < 4.78 is 5.75. The maximum Gasteiger partial charge on any atom is 0.170 e. The third-order valence-electron chi connectivity index (χ3n) is 3.99. The normalized spacial score (nSPS) is 11.9. The van der Waals surface area contributed by atoms with Crippen LogP contribution >= 0.6 is 0 Å². The molecule has 0 N–H and O–H groups in total. The van der Waals surface area contributed by atoms with Gasteiger partial charge in [-0.2, -0.15) is 0 Å². The highest BCUT2D eigenvalue weighted by Crippen LogP contribution is 2.23. The highest BCUT2D eigenvalue weighted by Gasteiger charge is 2.17. The van der Waals surface area contributed by atoms with E-state index in [2.05, 4.69) is 20.8 Å². The van der Waals surface area contributed by atoms with Gasteiger partial charge in [-0.15, -0.1) is 0 Å². The van der Waals surface area contributed by atoms with Gasteiger partial charge in [-0.3, -0.25) is 9.59 Å². The minimum absolute atomic E-state index is 0.0360. The van der Waals surface area contributed by atoms with Gasteiger partial charge >= 0.3 is 0 Å². The molecule has 3 nitrogen and oxygen atoms in total. The molecule has 0 fully saturated rings. The van der Waals surface area contributed by atoms with Crippen molar-refractivity contribution in [2.75, 3.05) is 0 Å². The lowest BCUT2D eigenvalue weighted by molar-refractivity contribution is 0.0894. The van der Waals surface area contributed by atoms with Gasteiger partial charge in [-0.05, 0) is 56.0 Å². The largest absolute Gasteiger partial charge is 0.488 e. The Morgan fingerprint density at radius 3 is 1.54 bits per heavy atom. The summed E-state index contributed by atoms with van der Waals surface area (Å²) in [4.78, 5) is 24.8. The summed E-state index contributed by atoms with van der Waals surface area (Å²) >= 11 is 0. The van der Waals surface area contributed by atoms with Crippen LogP contribution < -0.4 is 4.74 Å². The fourth-order valence-electron chi connectivity index (χ4n) is 2.57. The Bertz CT molecular complexity index is 770. The Morgan fingerprint density at radius 1 is 0.731 bits per heavy atom. The van der Waals surface area contributed by atoms with Crippen LogP contribution in [0.25, 0.3) is 0 Å². The van der Waals surface area contributed by atoms with Crippen LogP contribution in [-0.2, 0) is 5.41 Å². The topological polar surface area (TPSA) is 43.4 Å². The lowest BCUT2D eigenvalue weighted by Crippen LogP contribution is -2.22. The zero-order valence-corrected chi connectivity index (χ0v) is 16.6. The van der Waals surface area contributed by atoms with Crippen molar-refractivity contribution in [1.82, 2.24) is 0 Å². The molecule has 0 radical (unpaired) electrons. The van der Waals surface area contributed by atoms with E-state index >= 15 is 0 Å². The summed E-state index contributed by atoms with van der Waals surface area (Å²) in [5.41, 5.74) is 1.99. The fraction of sp³-hybridized carbons (Fsp3) is 0.391. The highest BCUT2D eigenvalue weighted by atomic mass is 16.5. The second-order valence-electron chi connectivity index (χ2n) is 8.59. The first kappa shape index (κ1) is 19.9. The number of ketones is 2. The third kappa shape index (κ3) is 5.55. The second-order valence-corrected chi connectivity index (χ2v) is 8.59. The Morgan fingerprint density at radius 2 is 1.15 bits per heavy atom. The van der Waals surface area contributed by atoms with Crippen molar-refractivity contribution in [3.8, 4) is 5.75 Å². The molecule has 0 spiro atoms. The lowest BCUT2D eigenvalue weighted by Gasteiger charge is -2.21. The van der Waals surface area contributed by atoms with E-state index in [9.17, 15) is 9.59 Å². The molecule has 2 rings (SSSR count). The number of hydrogen-bond donors (Lipinski definition) is 0. The van der Waals surface area contributed by atoms with E-state index in [1.165, 1.54) is 0 Å². The summed E-state index contributed by atoms with van der Waals surface area (Å²) in [5.74, 6) is 0.362. The van der Waals surface area contributed by atoms with Crippen LogP contribution in [0.1, 0.15) is 74.2 Å². The van der Waals surface area contributed by atoms with E-state index in [0.717, 1.165) is 5.56 Å². The van der Waals surface area contributed by atoms with Gasteiger partial charge in [-0.1, -0.05) is 45.0 Å². The number of carbonyl (C=O) groups is 2. The molecule has 0 aliphatic rings. The molecule has 0 atom stereocenters. The van der Waals surface area contributed by atoms with Gasteiger partial charge in [0.2, 0.25) is 0 Å². The standard InChI is InChI=1S/C23H28O3/c1-22(2,3)18-11-7-16(8-12-18)20(24)15-21(25)17-9-13-19(14-10-17)26-23(4,5)6/h7-14H,15H2,1-6H3. The Hall–Kier alpha value is -2.42. The van der Waals surface area contributed by atoms with Gasteiger partial charge in [0.1, 0.15) is 11.4 Å². The monoisotopic (exact) mass is 352 g/mol. The number of rotatable bonds is 5. The zero-order chi connectivity index (χ0) is 19.5. The van der Waals surface area contributed by atoms with E-state index in [0.29, 0.717) is 16.9 Å². The number of Topliss-reactive ketones (excluding diaryl/α,β-unsaturated/α-hetero) is 2. The summed E-state index contributed by atoms with van der Waals surface area (Å²) in [6.45, 7) is 12.3. The lowest BCUT2D eigenvalue weighted by atomic mass is 9.86. The van der Waals surface area contributed by atoms with E-state index < -0.39 is 0 Å². The molecule has 0 unspecified atom stereocenters. The van der Waals surface area contributed by atoms with Crippen LogP contribution in [-0.4, -0.2) is 17.2 Å². The average molecular weight is 352 g/mol. The first-order chi connectivity index (χ1) is 12.0. The van der Waals surface area contributed by atoms with Crippen molar-refractivity contribution in [3.63, 3.8) is 0 Å². The Kier molecular flexibility index (Phi) is 5.70. The molecule has 26 heavy (non-hydrogen) atoms. The van der Waals surface area contributed by atoms with Gasteiger partial charge in [0, 0.05) is 11.1 Å².